The van der Waals surface area contributed by atoms with Crippen LogP contribution in [-0.4, -0.2) is 54.1 Å². The third kappa shape index (κ3) is 5.17. The van der Waals surface area contributed by atoms with Crippen LogP contribution < -0.4 is 10.6 Å². The average molecular weight is 489 g/mol. The number of carbonyl (C=O) groups excluding carboxylic acids is 3. The largest absolute Gasteiger partial charge is 0.357 e. The molecule has 0 aliphatic carbocycles. The van der Waals surface area contributed by atoms with Crippen LogP contribution in [0.2, 0.25) is 0 Å². The van der Waals surface area contributed by atoms with Crippen LogP contribution in [0.5, 0.6) is 0 Å². The maximum Gasteiger partial charge on any atom is 0.252 e. The molecule has 2 N–H and O–H groups in total. The Labute approximate surface area is 208 Å². The van der Waals surface area contributed by atoms with Crippen molar-refractivity contribution >= 4 is 40.0 Å². The lowest BCUT2D eigenvalue weighted by Crippen LogP contribution is -2.50. The van der Waals surface area contributed by atoms with Gasteiger partial charge in [-0.15, -0.1) is 0 Å². The second-order valence-corrected chi connectivity index (χ2v) is 10.0. The van der Waals surface area contributed by atoms with Gasteiger partial charge in [-0.05, 0) is 41.8 Å². The van der Waals surface area contributed by atoms with Crippen molar-refractivity contribution in [3.8, 4) is 0 Å². The fourth-order valence-corrected chi connectivity index (χ4v) is 5.84. The summed E-state index contributed by atoms with van der Waals surface area (Å²) < 4.78 is 5.92. The molecule has 0 aromatic heterocycles. The fourth-order valence-electron chi connectivity index (χ4n) is 4.81. The number of hydrogen-bond acceptors (Lipinski definition) is 6. The van der Waals surface area contributed by atoms with Crippen LogP contribution in [0, 0.1) is 0 Å². The topological polar surface area (TPSA) is 84.5 Å². The van der Waals surface area contributed by atoms with Gasteiger partial charge in [0.25, 0.3) is 5.91 Å². The van der Waals surface area contributed by atoms with E-state index in [1.807, 2.05) is 66.7 Å². The van der Waals surface area contributed by atoms with E-state index in [0.717, 1.165) is 35.7 Å². The number of ketones is 2. The van der Waals surface area contributed by atoms with Crippen molar-refractivity contribution < 1.29 is 19.1 Å². The van der Waals surface area contributed by atoms with Gasteiger partial charge < -0.3 is 15.4 Å². The summed E-state index contributed by atoms with van der Waals surface area (Å²) in [6.45, 7) is 0.741. The first kappa shape index (κ1) is 23.7. The molecule has 1 amide bonds. The summed E-state index contributed by atoms with van der Waals surface area (Å²) in [5, 5.41) is 7.88. The molecule has 4 atom stereocenters. The number of benzene rings is 3. The van der Waals surface area contributed by atoms with Gasteiger partial charge in [-0.2, -0.15) is 11.8 Å². The quantitative estimate of drug-likeness (QED) is 0.472. The summed E-state index contributed by atoms with van der Waals surface area (Å²) in [7, 11) is 0. The number of ether oxygens (including phenoxy) is 1. The van der Waals surface area contributed by atoms with Crippen LogP contribution >= 0.6 is 11.8 Å². The normalized spacial score (nSPS) is 22.5. The van der Waals surface area contributed by atoms with Crippen LogP contribution in [-0.2, 0) is 20.1 Å². The van der Waals surface area contributed by atoms with E-state index in [4.69, 9.17) is 4.74 Å². The molecule has 2 heterocycles. The zero-order chi connectivity index (χ0) is 24.2. The monoisotopic (exact) mass is 488 g/mol. The predicted octanol–water partition coefficient (Wildman–Crippen LogP) is 3.53. The number of Topliss-reactive ketones (excluding diaryl/α,β-unsaturated/α-hetero) is 2. The van der Waals surface area contributed by atoms with Crippen molar-refractivity contribution in [3.05, 3.63) is 83.9 Å². The Morgan fingerprint density at radius 2 is 1.80 bits per heavy atom. The number of thioether (sulfide) groups is 1. The standard InChI is InChI=1S/C28H28N2O4S/c31-25(27-26(32)24-23(34-27)14-7-15-29-24)22(17-35-16-18-8-2-1-3-9-18)30-28(33)21-13-6-11-19-10-4-5-12-20(19)21/h1-6,8-13,22-24,27,29H,7,14-17H2,(H,30,33). The van der Waals surface area contributed by atoms with Crippen molar-refractivity contribution in [2.24, 2.45) is 0 Å². The summed E-state index contributed by atoms with van der Waals surface area (Å²) >= 11 is 1.55. The molecule has 180 valence electrons. The van der Waals surface area contributed by atoms with Gasteiger partial charge in [0.2, 0.25) is 0 Å². The van der Waals surface area contributed by atoms with Gasteiger partial charge >= 0.3 is 0 Å². The van der Waals surface area contributed by atoms with Crippen molar-refractivity contribution in [1.82, 2.24) is 10.6 Å². The van der Waals surface area contributed by atoms with Gasteiger partial charge in [0.05, 0.1) is 12.1 Å². The number of nitrogens with one attached hydrogen (secondary N) is 2. The van der Waals surface area contributed by atoms with E-state index in [2.05, 4.69) is 10.6 Å². The first-order valence-electron chi connectivity index (χ1n) is 12.0. The number of fused-ring (bicyclic) bond motifs is 2. The Morgan fingerprint density at radius 3 is 2.63 bits per heavy atom. The van der Waals surface area contributed by atoms with E-state index in [1.54, 1.807) is 17.8 Å². The van der Waals surface area contributed by atoms with Crippen LogP contribution in [0.3, 0.4) is 0 Å². The summed E-state index contributed by atoms with van der Waals surface area (Å²) in [5.74, 6) is 0.111. The molecule has 35 heavy (non-hydrogen) atoms. The predicted molar refractivity (Wildman–Crippen MR) is 138 cm³/mol. The molecule has 2 aliphatic rings. The molecule has 0 saturated carbocycles. The molecular weight excluding hydrogens is 460 g/mol. The van der Waals surface area contributed by atoms with Gasteiger partial charge in [-0.25, -0.2) is 0 Å². The van der Waals surface area contributed by atoms with Gasteiger partial charge in [0.1, 0.15) is 6.04 Å². The van der Waals surface area contributed by atoms with Gasteiger partial charge in [-0.3, -0.25) is 14.4 Å². The highest BCUT2D eigenvalue weighted by molar-refractivity contribution is 7.98. The SMILES string of the molecule is O=C(NC(CSCc1ccccc1)C(=O)C1OC2CCCNC2C1=O)c1cccc2ccccc12. The molecule has 2 saturated heterocycles. The highest BCUT2D eigenvalue weighted by Gasteiger charge is 2.49. The van der Waals surface area contributed by atoms with Crippen molar-refractivity contribution in [3.63, 3.8) is 0 Å². The molecule has 0 spiro atoms. The molecular formula is C28H28N2O4S. The van der Waals surface area contributed by atoms with E-state index >= 15 is 0 Å². The Bertz CT molecular complexity index is 1230. The Hall–Kier alpha value is -3.00. The lowest BCUT2D eigenvalue weighted by atomic mass is 9.96. The smallest absolute Gasteiger partial charge is 0.252 e. The van der Waals surface area contributed by atoms with E-state index < -0.39 is 18.2 Å². The zero-order valence-electron chi connectivity index (χ0n) is 19.3. The summed E-state index contributed by atoms with van der Waals surface area (Å²) in [6, 6.07) is 21.9. The lowest BCUT2D eigenvalue weighted by molar-refractivity contribution is -0.138. The van der Waals surface area contributed by atoms with E-state index in [0.29, 0.717) is 17.1 Å². The molecule has 2 aliphatic heterocycles. The average Bonchev–Trinajstić information content (AvgIpc) is 3.24. The van der Waals surface area contributed by atoms with Gasteiger partial charge in [0.15, 0.2) is 17.7 Å². The first-order chi connectivity index (χ1) is 17.1. The minimum Gasteiger partial charge on any atom is -0.357 e. The molecule has 4 unspecified atom stereocenters. The number of rotatable bonds is 8. The highest BCUT2D eigenvalue weighted by atomic mass is 32.2. The Kier molecular flexibility index (Phi) is 7.27. The Balaban J connectivity index is 1.35. The molecule has 3 aromatic carbocycles. The molecule has 0 bridgehead atoms. The van der Waals surface area contributed by atoms with Gasteiger partial charge in [-0.1, -0.05) is 66.7 Å². The maximum atomic E-state index is 13.6. The molecule has 0 radical (unpaired) electrons. The second kappa shape index (κ2) is 10.7. The van der Waals surface area contributed by atoms with Crippen molar-refractivity contribution in [1.29, 1.82) is 0 Å². The second-order valence-electron chi connectivity index (χ2n) is 8.99. The summed E-state index contributed by atoms with van der Waals surface area (Å²) in [5.41, 5.74) is 1.63. The number of carbonyl (C=O) groups is 3. The molecule has 6 nitrogen and oxygen atoms in total. The van der Waals surface area contributed by atoms with E-state index in [-0.39, 0.29) is 23.6 Å². The number of amides is 1. The summed E-state index contributed by atoms with van der Waals surface area (Å²) in [4.78, 5) is 39.9. The number of hydrogen-bond donors (Lipinski definition) is 2. The van der Waals surface area contributed by atoms with Crippen LogP contribution in [0.15, 0.2) is 72.8 Å². The first-order valence-corrected chi connectivity index (χ1v) is 13.1. The van der Waals surface area contributed by atoms with Gasteiger partial charge in [0, 0.05) is 17.1 Å². The van der Waals surface area contributed by atoms with E-state index in [1.165, 1.54) is 0 Å². The zero-order valence-corrected chi connectivity index (χ0v) is 20.1. The fraction of sp³-hybridized carbons (Fsp3) is 0.321. The van der Waals surface area contributed by atoms with E-state index in [9.17, 15) is 14.4 Å². The molecule has 2 fully saturated rings. The summed E-state index contributed by atoms with van der Waals surface area (Å²) in [6.07, 6.45) is 0.231. The number of piperidine rings is 1. The van der Waals surface area contributed by atoms with Crippen molar-refractivity contribution in [2.45, 2.75) is 42.9 Å². The minimum atomic E-state index is -1.15. The third-order valence-electron chi connectivity index (χ3n) is 6.61. The molecule has 7 heteroatoms. The molecule has 5 rings (SSSR count). The minimum absolute atomic E-state index is 0.225. The van der Waals surface area contributed by atoms with Crippen LogP contribution in [0.1, 0.15) is 28.8 Å². The highest BCUT2D eigenvalue weighted by Crippen LogP contribution is 2.26. The van der Waals surface area contributed by atoms with Crippen LogP contribution in [0.25, 0.3) is 10.8 Å². The third-order valence-corrected chi connectivity index (χ3v) is 7.72. The molecule has 3 aromatic rings. The Morgan fingerprint density at radius 1 is 1.03 bits per heavy atom. The van der Waals surface area contributed by atoms with Crippen molar-refractivity contribution in [2.75, 3.05) is 12.3 Å². The van der Waals surface area contributed by atoms with Crippen LogP contribution in [0.4, 0.5) is 0 Å². The lowest BCUT2D eigenvalue weighted by Gasteiger charge is -2.23. The maximum absolute atomic E-state index is 13.6.